The summed E-state index contributed by atoms with van der Waals surface area (Å²) < 4.78 is 22.4. The predicted molar refractivity (Wildman–Crippen MR) is 120 cm³/mol. The molecule has 4 rings (SSSR count). The van der Waals surface area contributed by atoms with E-state index in [-0.39, 0.29) is 12.7 Å². The number of methoxy groups -OCH3 is 1. The van der Waals surface area contributed by atoms with Gasteiger partial charge in [0, 0.05) is 6.42 Å². The van der Waals surface area contributed by atoms with E-state index in [1.54, 1.807) is 7.11 Å². The van der Waals surface area contributed by atoms with E-state index in [9.17, 15) is 15.0 Å². The number of amides is 1. The number of nitrogens with zero attached hydrogens (tertiary/aromatic N) is 1. The largest absolute Gasteiger partial charge is 0.497 e. The Morgan fingerprint density at radius 2 is 1.70 bits per heavy atom. The third kappa shape index (κ3) is 5.30. The lowest BCUT2D eigenvalue weighted by Crippen LogP contribution is -2.42. The minimum Gasteiger partial charge on any atom is -0.497 e. The SMILES string of the molecule is COc1ccc(CO[C@@H](C)C[C@H]2OC(=O)N3[C@H]2[C@H](O)[C@H](O)[C@H]3COCc2ccccc2)cc1. The van der Waals surface area contributed by atoms with Gasteiger partial charge in [0.15, 0.2) is 0 Å². The highest BCUT2D eigenvalue weighted by Gasteiger charge is 2.58. The van der Waals surface area contributed by atoms with Crippen LogP contribution in [0.25, 0.3) is 0 Å². The second-order valence-corrected chi connectivity index (χ2v) is 8.57. The van der Waals surface area contributed by atoms with E-state index in [1.165, 1.54) is 4.90 Å². The Labute approximate surface area is 193 Å². The monoisotopic (exact) mass is 457 g/mol. The van der Waals surface area contributed by atoms with Crippen LogP contribution in [0.4, 0.5) is 4.79 Å². The zero-order valence-corrected chi connectivity index (χ0v) is 18.9. The maximum Gasteiger partial charge on any atom is 0.411 e. The molecule has 2 saturated heterocycles. The summed E-state index contributed by atoms with van der Waals surface area (Å²) in [5.41, 5.74) is 1.99. The van der Waals surface area contributed by atoms with Gasteiger partial charge in [0.2, 0.25) is 0 Å². The molecule has 8 heteroatoms. The van der Waals surface area contributed by atoms with Crippen LogP contribution in [0, 0.1) is 0 Å². The molecule has 2 N–H and O–H groups in total. The van der Waals surface area contributed by atoms with Crippen molar-refractivity contribution in [2.75, 3.05) is 13.7 Å². The van der Waals surface area contributed by atoms with Gasteiger partial charge in [-0.3, -0.25) is 4.90 Å². The third-order valence-electron chi connectivity index (χ3n) is 6.27. The maximum atomic E-state index is 12.6. The molecule has 0 spiro atoms. The Balaban J connectivity index is 1.31. The van der Waals surface area contributed by atoms with Crippen LogP contribution in [0.3, 0.4) is 0 Å². The van der Waals surface area contributed by atoms with Gasteiger partial charge < -0.3 is 29.2 Å². The quantitative estimate of drug-likeness (QED) is 0.566. The zero-order valence-electron chi connectivity index (χ0n) is 18.9. The number of hydrogen-bond donors (Lipinski definition) is 2. The number of cyclic esters (lactones) is 1. The number of benzene rings is 2. The number of ether oxygens (including phenoxy) is 4. The van der Waals surface area contributed by atoms with Gasteiger partial charge >= 0.3 is 6.09 Å². The molecular formula is C25H31NO7. The van der Waals surface area contributed by atoms with Gasteiger partial charge in [0.1, 0.15) is 30.1 Å². The molecule has 178 valence electrons. The molecule has 0 saturated carbocycles. The van der Waals surface area contributed by atoms with Gasteiger partial charge in [-0.2, -0.15) is 0 Å². The van der Waals surface area contributed by atoms with Gasteiger partial charge in [-0.05, 0) is 30.2 Å². The van der Waals surface area contributed by atoms with E-state index >= 15 is 0 Å². The molecule has 2 fully saturated rings. The van der Waals surface area contributed by atoms with Crippen molar-refractivity contribution in [3.8, 4) is 5.75 Å². The summed E-state index contributed by atoms with van der Waals surface area (Å²) in [6, 6.07) is 15.9. The van der Waals surface area contributed by atoms with Crippen molar-refractivity contribution in [2.24, 2.45) is 0 Å². The first-order valence-corrected chi connectivity index (χ1v) is 11.2. The second kappa shape index (κ2) is 10.5. The molecule has 2 aromatic carbocycles. The molecule has 0 bridgehead atoms. The molecule has 0 aliphatic carbocycles. The highest BCUT2D eigenvalue weighted by Crippen LogP contribution is 2.36. The van der Waals surface area contributed by atoms with E-state index in [4.69, 9.17) is 18.9 Å². The highest BCUT2D eigenvalue weighted by molar-refractivity contribution is 5.72. The molecular weight excluding hydrogens is 426 g/mol. The number of aliphatic hydroxyl groups is 2. The fourth-order valence-corrected chi connectivity index (χ4v) is 4.49. The molecule has 0 radical (unpaired) electrons. The molecule has 0 aromatic heterocycles. The molecule has 2 heterocycles. The average Bonchev–Trinajstić information content (AvgIpc) is 3.28. The van der Waals surface area contributed by atoms with Crippen LogP contribution in [0.2, 0.25) is 0 Å². The van der Waals surface area contributed by atoms with Crippen molar-refractivity contribution in [2.45, 2.75) is 63.1 Å². The van der Waals surface area contributed by atoms with E-state index in [0.717, 1.165) is 16.9 Å². The Hall–Kier alpha value is -2.65. The number of hydrogen-bond acceptors (Lipinski definition) is 7. The minimum atomic E-state index is -1.11. The fourth-order valence-electron chi connectivity index (χ4n) is 4.49. The topological polar surface area (TPSA) is 97.7 Å². The second-order valence-electron chi connectivity index (χ2n) is 8.57. The van der Waals surface area contributed by atoms with E-state index in [2.05, 4.69) is 0 Å². The van der Waals surface area contributed by atoms with Crippen LogP contribution in [0.5, 0.6) is 5.75 Å². The van der Waals surface area contributed by atoms with E-state index < -0.39 is 36.5 Å². The molecule has 33 heavy (non-hydrogen) atoms. The Morgan fingerprint density at radius 1 is 1.00 bits per heavy atom. The van der Waals surface area contributed by atoms with Crippen LogP contribution in [0.15, 0.2) is 54.6 Å². The standard InChI is InChI=1S/C25H31NO7/c1-16(32-14-18-8-10-19(30-2)11-9-18)12-21-22-24(28)23(27)20(26(22)25(29)33-21)15-31-13-17-6-4-3-5-7-17/h3-11,16,20-24,27-28H,12-15H2,1-2H3/t16-,20+,21+,22+,23+,24-/m0/s1. The number of aliphatic hydroxyl groups excluding tert-OH is 2. The van der Waals surface area contributed by atoms with Crippen molar-refractivity contribution in [3.05, 3.63) is 65.7 Å². The summed E-state index contributed by atoms with van der Waals surface area (Å²) in [5, 5.41) is 21.3. The predicted octanol–water partition coefficient (Wildman–Crippen LogP) is 2.50. The summed E-state index contributed by atoms with van der Waals surface area (Å²) in [4.78, 5) is 14.0. The molecule has 2 aliphatic heterocycles. The van der Waals surface area contributed by atoms with Crippen LogP contribution < -0.4 is 4.74 Å². The lowest BCUT2D eigenvalue weighted by Gasteiger charge is -2.23. The zero-order chi connectivity index (χ0) is 23.4. The first kappa shape index (κ1) is 23.5. The normalized spacial score (nSPS) is 27.3. The summed E-state index contributed by atoms with van der Waals surface area (Å²) >= 11 is 0. The van der Waals surface area contributed by atoms with Crippen molar-refractivity contribution in [1.29, 1.82) is 0 Å². The first-order chi connectivity index (χ1) is 16.0. The van der Waals surface area contributed by atoms with Crippen LogP contribution >= 0.6 is 0 Å². The van der Waals surface area contributed by atoms with Gasteiger partial charge in [0.25, 0.3) is 0 Å². The molecule has 0 unspecified atom stereocenters. The maximum absolute atomic E-state index is 12.6. The van der Waals surface area contributed by atoms with Crippen LogP contribution in [-0.4, -0.2) is 71.4 Å². The van der Waals surface area contributed by atoms with Gasteiger partial charge in [-0.25, -0.2) is 4.79 Å². The van der Waals surface area contributed by atoms with Gasteiger partial charge in [-0.1, -0.05) is 42.5 Å². The molecule has 8 nitrogen and oxygen atoms in total. The summed E-state index contributed by atoms with van der Waals surface area (Å²) in [5.74, 6) is 0.779. The Kier molecular flexibility index (Phi) is 7.49. The van der Waals surface area contributed by atoms with E-state index in [1.807, 2.05) is 61.5 Å². The lowest BCUT2D eigenvalue weighted by molar-refractivity contribution is -0.0262. The van der Waals surface area contributed by atoms with Crippen LogP contribution in [-0.2, 0) is 27.4 Å². The van der Waals surface area contributed by atoms with Crippen molar-refractivity contribution >= 4 is 6.09 Å². The van der Waals surface area contributed by atoms with Gasteiger partial charge in [0.05, 0.1) is 39.1 Å². The number of fused-ring (bicyclic) bond motifs is 1. The minimum absolute atomic E-state index is 0.106. The Bertz CT molecular complexity index is 907. The van der Waals surface area contributed by atoms with Crippen LogP contribution in [0.1, 0.15) is 24.5 Å². The molecule has 2 aliphatic rings. The highest BCUT2D eigenvalue weighted by atomic mass is 16.6. The molecule has 6 atom stereocenters. The number of carbonyl (C=O) groups is 1. The first-order valence-electron chi connectivity index (χ1n) is 11.2. The average molecular weight is 458 g/mol. The summed E-state index contributed by atoms with van der Waals surface area (Å²) in [7, 11) is 1.62. The van der Waals surface area contributed by atoms with Crippen molar-refractivity contribution < 1.29 is 34.0 Å². The van der Waals surface area contributed by atoms with E-state index in [0.29, 0.717) is 19.6 Å². The van der Waals surface area contributed by atoms with Gasteiger partial charge in [-0.15, -0.1) is 0 Å². The number of rotatable bonds is 10. The lowest BCUT2D eigenvalue weighted by atomic mass is 10.00. The molecule has 2 aromatic rings. The molecule has 1 amide bonds. The number of carbonyl (C=O) groups excluding carboxylic acids is 1. The van der Waals surface area contributed by atoms with Crippen molar-refractivity contribution in [1.82, 2.24) is 4.90 Å². The summed E-state index contributed by atoms with van der Waals surface area (Å²) in [6.45, 7) is 2.77. The summed E-state index contributed by atoms with van der Waals surface area (Å²) in [6.07, 6.45) is -3.15. The smallest absolute Gasteiger partial charge is 0.411 e. The Morgan fingerprint density at radius 3 is 2.39 bits per heavy atom. The fraction of sp³-hybridized carbons (Fsp3) is 0.480. The van der Waals surface area contributed by atoms with Crippen molar-refractivity contribution in [3.63, 3.8) is 0 Å². The third-order valence-corrected chi connectivity index (χ3v) is 6.27.